The van der Waals surface area contributed by atoms with Crippen LogP contribution in [0.3, 0.4) is 0 Å². The second-order valence-electron chi connectivity index (χ2n) is 8.06. The van der Waals surface area contributed by atoms with Crippen molar-refractivity contribution in [3.63, 3.8) is 0 Å². The number of carbonyl (C=O) groups excluding carboxylic acids is 2. The van der Waals surface area contributed by atoms with Crippen molar-refractivity contribution in [2.45, 2.75) is 19.9 Å². The molecule has 2 aromatic carbocycles. The summed E-state index contributed by atoms with van der Waals surface area (Å²) >= 11 is 0. The SMILES string of the molecule is CC(=O)N1CCNCC1c1ccc(NC(=O)c2cc(C)nn2-c2cccc(C(=N)N)c2)cc1. The number of hydrogen-bond acceptors (Lipinski definition) is 5. The van der Waals surface area contributed by atoms with E-state index in [1.165, 1.54) is 0 Å². The van der Waals surface area contributed by atoms with Gasteiger partial charge in [0.15, 0.2) is 0 Å². The van der Waals surface area contributed by atoms with Crippen LogP contribution in [0.25, 0.3) is 5.69 Å². The van der Waals surface area contributed by atoms with Crippen molar-refractivity contribution in [1.82, 2.24) is 20.0 Å². The van der Waals surface area contributed by atoms with Gasteiger partial charge in [0.1, 0.15) is 11.5 Å². The molecule has 1 saturated heterocycles. The summed E-state index contributed by atoms with van der Waals surface area (Å²) in [6.07, 6.45) is 0. The number of rotatable bonds is 5. The van der Waals surface area contributed by atoms with Gasteiger partial charge in [-0.1, -0.05) is 24.3 Å². The molecule has 33 heavy (non-hydrogen) atoms. The van der Waals surface area contributed by atoms with E-state index in [-0.39, 0.29) is 23.7 Å². The summed E-state index contributed by atoms with van der Waals surface area (Å²) in [5, 5.41) is 18.3. The molecule has 2 heterocycles. The smallest absolute Gasteiger partial charge is 0.274 e. The van der Waals surface area contributed by atoms with Crippen LogP contribution in [0.1, 0.15) is 40.3 Å². The van der Waals surface area contributed by atoms with E-state index in [0.29, 0.717) is 41.4 Å². The van der Waals surface area contributed by atoms with E-state index in [0.717, 1.165) is 12.1 Å². The van der Waals surface area contributed by atoms with Crippen LogP contribution in [-0.2, 0) is 4.79 Å². The van der Waals surface area contributed by atoms with E-state index in [4.69, 9.17) is 11.1 Å². The molecular weight excluding hydrogens is 418 g/mol. The molecule has 3 aromatic rings. The van der Waals surface area contributed by atoms with Crippen LogP contribution in [0.15, 0.2) is 54.6 Å². The third-order valence-electron chi connectivity index (χ3n) is 5.67. The minimum atomic E-state index is -0.304. The standard InChI is InChI=1S/C24H27N7O2/c1-15-12-21(31(29-15)20-5-3-4-18(13-20)23(25)26)24(33)28-19-8-6-17(7-9-19)22-14-27-10-11-30(22)16(2)32/h3-9,12-13,22,27H,10-11,14H2,1-2H3,(H3,25,26)(H,28,33). The number of aromatic nitrogens is 2. The average Bonchev–Trinajstić information content (AvgIpc) is 3.21. The summed E-state index contributed by atoms with van der Waals surface area (Å²) in [7, 11) is 0. The maximum Gasteiger partial charge on any atom is 0.274 e. The third-order valence-corrected chi connectivity index (χ3v) is 5.67. The maximum atomic E-state index is 13.1. The van der Waals surface area contributed by atoms with Crippen LogP contribution in [0, 0.1) is 12.3 Å². The average molecular weight is 446 g/mol. The number of carbonyl (C=O) groups is 2. The summed E-state index contributed by atoms with van der Waals surface area (Å²) < 4.78 is 1.55. The van der Waals surface area contributed by atoms with Gasteiger partial charge in [0, 0.05) is 37.8 Å². The summed E-state index contributed by atoms with van der Waals surface area (Å²) in [5.74, 6) is -0.305. The van der Waals surface area contributed by atoms with Crippen molar-refractivity contribution in [1.29, 1.82) is 5.41 Å². The molecule has 0 saturated carbocycles. The molecule has 1 aliphatic rings. The molecule has 1 unspecified atom stereocenters. The zero-order chi connectivity index (χ0) is 23.5. The van der Waals surface area contributed by atoms with Crippen LogP contribution >= 0.6 is 0 Å². The van der Waals surface area contributed by atoms with Crippen molar-refractivity contribution in [2.75, 3.05) is 25.0 Å². The van der Waals surface area contributed by atoms with Gasteiger partial charge in [0.25, 0.3) is 5.91 Å². The van der Waals surface area contributed by atoms with E-state index in [1.54, 1.807) is 35.9 Å². The molecule has 0 bridgehead atoms. The van der Waals surface area contributed by atoms with Crippen LogP contribution in [0.5, 0.6) is 0 Å². The number of amidine groups is 1. The first-order valence-electron chi connectivity index (χ1n) is 10.7. The molecule has 9 nitrogen and oxygen atoms in total. The summed E-state index contributed by atoms with van der Waals surface area (Å²) in [5.41, 5.74) is 9.52. The number of nitrogens with one attached hydrogen (secondary N) is 3. The van der Waals surface area contributed by atoms with Crippen molar-refractivity contribution in [3.8, 4) is 5.69 Å². The Balaban J connectivity index is 1.54. The molecule has 1 aromatic heterocycles. The second kappa shape index (κ2) is 9.25. The Labute approximate surface area is 192 Å². The molecule has 1 aliphatic heterocycles. The monoisotopic (exact) mass is 445 g/mol. The Hall–Kier alpha value is -3.98. The first-order chi connectivity index (χ1) is 15.8. The Morgan fingerprint density at radius 3 is 2.64 bits per heavy atom. The molecule has 1 fully saturated rings. The number of benzene rings is 2. The number of amides is 2. The molecule has 2 amide bonds. The van der Waals surface area contributed by atoms with Gasteiger partial charge >= 0.3 is 0 Å². The summed E-state index contributed by atoms with van der Waals surface area (Å²) in [6, 6.07) is 16.3. The largest absolute Gasteiger partial charge is 0.384 e. The normalized spacial score (nSPS) is 15.8. The predicted molar refractivity (Wildman–Crippen MR) is 127 cm³/mol. The quantitative estimate of drug-likeness (QED) is 0.353. The lowest BCUT2D eigenvalue weighted by Crippen LogP contribution is -2.47. The zero-order valence-electron chi connectivity index (χ0n) is 18.6. The fourth-order valence-electron chi connectivity index (χ4n) is 4.03. The minimum Gasteiger partial charge on any atom is -0.384 e. The highest BCUT2D eigenvalue weighted by molar-refractivity contribution is 6.03. The van der Waals surface area contributed by atoms with E-state index in [2.05, 4.69) is 15.7 Å². The van der Waals surface area contributed by atoms with Crippen LogP contribution < -0.4 is 16.4 Å². The van der Waals surface area contributed by atoms with Gasteiger partial charge < -0.3 is 21.3 Å². The highest BCUT2D eigenvalue weighted by Gasteiger charge is 2.25. The Bertz CT molecular complexity index is 1200. The van der Waals surface area contributed by atoms with Crippen molar-refractivity contribution in [3.05, 3.63) is 77.1 Å². The van der Waals surface area contributed by atoms with Crippen molar-refractivity contribution >= 4 is 23.3 Å². The van der Waals surface area contributed by atoms with E-state index in [1.807, 2.05) is 42.2 Å². The Kier molecular flexibility index (Phi) is 6.23. The first-order valence-corrected chi connectivity index (χ1v) is 10.7. The topological polar surface area (TPSA) is 129 Å². The number of nitrogen functional groups attached to an aromatic ring is 1. The fourth-order valence-corrected chi connectivity index (χ4v) is 4.03. The highest BCUT2D eigenvalue weighted by Crippen LogP contribution is 2.24. The summed E-state index contributed by atoms with van der Waals surface area (Å²) in [6.45, 7) is 5.56. The first kappa shape index (κ1) is 22.2. The van der Waals surface area contributed by atoms with Gasteiger partial charge in [-0.15, -0.1) is 0 Å². The molecule has 5 N–H and O–H groups in total. The number of aryl methyl sites for hydroxylation is 1. The fraction of sp³-hybridized carbons (Fsp3) is 0.250. The highest BCUT2D eigenvalue weighted by atomic mass is 16.2. The van der Waals surface area contributed by atoms with Crippen LogP contribution in [0.4, 0.5) is 5.69 Å². The van der Waals surface area contributed by atoms with Gasteiger partial charge in [-0.3, -0.25) is 15.0 Å². The second-order valence-corrected chi connectivity index (χ2v) is 8.06. The van der Waals surface area contributed by atoms with E-state index < -0.39 is 0 Å². The maximum absolute atomic E-state index is 13.1. The Morgan fingerprint density at radius 2 is 1.94 bits per heavy atom. The van der Waals surface area contributed by atoms with Gasteiger partial charge in [-0.2, -0.15) is 5.10 Å². The van der Waals surface area contributed by atoms with E-state index in [9.17, 15) is 9.59 Å². The van der Waals surface area contributed by atoms with Crippen molar-refractivity contribution in [2.24, 2.45) is 5.73 Å². The van der Waals surface area contributed by atoms with Gasteiger partial charge in [-0.05, 0) is 42.8 Å². The van der Waals surface area contributed by atoms with Crippen LogP contribution in [0.2, 0.25) is 0 Å². The molecule has 0 spiro atoms. The van der Waals surface area contributed by atoms with Gasteiger partial charge in [0.05, 0.1) is 17.4 Å². The zero-order valence-corrected chi connectivity index (χ0v) is 18.6. The molecule has 1 atom stereocenters. The van der Waals surface area contributed by atoms with Crippen LogP contribution in [-0.4, -0.2) is 52.0 Å². The van der Waals surface area contributed by atoms with Gasteiger partial charge in [0.2, 0.25) is 5.91 Å². The number of piperazine rings is 1. The van der Waals surface area contributed by atoms with Crippen molar-refractivity contribution < 1.29 is 9.59 Å². The summed E-state index contributed by atoms with van der Waals surface area (Å²) in [4.78, 5) is 26.9. The lowest BCUT2D eigenvalue weighted by Gasteiger charge is -2.36. The predicted octanol–water partition coefficient (Wildman–Crippen LogP) is 2.21. The molecule has 9 heteroatoms. The molecular formula is C24H27N7O2. The number of anilines is 1. The lowest BCUT2D eigenvalue weighted by atomic mass is 10.0. The number of hydrogen-bond donors (Lipinski definition) is 4. The minimum absolute atomic E-state index is 0.0290. The Morgan fingerprint density at radius 1 is 1.18 bits per heavy atom. The number of nitrogens with zero attached hydrogens (tertiary/aromatic N) is 3. The molecule has 4 rings (SSSR count). The van der Waals surface area contributed by atoms with Gasteiger partial charge in [-0.25, -0.2) is 4.68 Å². The molecule has 170 valence electrons. The molecule has 0 aliphatic carbocycles. The third kappa shape index (κ3) is 4.78. The molecule has 0 radical (unpaired) electrons. The van der Waals surface area contributed by atoms with E-state index >= 15 is 0 Å². The number of nitrogens with two attached hydrogens (primary N) is 1. The lowest BCUT2D eigenvalue weighted by molar-refractivity contribution is -0.132.